The van der Waals surface area contributed by atoms with E-state index in [0.717, 1.165) is 11.3 Å². The zero-order valence-electron chi connectivity index (χ0n) is 18.0. The molecule has 0 atom stereocenters. The molecule has 1 fully saturated rings. The summed E-state index contributed by atoms with van der Waals surface area (Å²) in [5.74, 6) is -1.12. The maximum Gasteiger partial charge on any atom is 0.337 e. The number of hydrogen-bond donors (Lipinski definition) is 2. The fourth-order valence-electron chi connectivity index (χ4n) is 3.94. The molecule has 0 aliphatic carbocycles. The molecular weight excluding hydrogens is 462 g/mol. The van der Waals surface area contributed by atoms with Gasteiger partial charge in [-0.05, 0) is 55.0 Å². The van der Waals surface area contributed by atoms with E-state index in [2.05, 4.69) is 9.62 Å². The minimum Gasteiger partial charge on any atom is -0.478 e. The summed E-state index contributed by atoms with van der Waals surface area (Å²) in [5.41, 5.74) is 2.58. The van der Waals surface area contributed by atoms with E-state index in [4.69, 9.17) is 11.6 Å². The molecule has 4 rings (SSSR count). The van der Waals surface area contributed by atoms with Gasteiger partial charge < -0.3 is 14.9 Å². The van der Waals surface area contributed by atoms with E-state index < -0.39 is 16.0 Å². The van der Waals surface area contributed by atoms with Gasteiger partial charge in [0.15, 0.2) is 0 Å². The van der Waals surface area contributed by atoms with Crippen LogP contribution in [0.2, 0.25) is 5.02 Å². The highest BCUT2D eigenvalue weighted by molar-refractivity contribution is 7.92. The Bertz CT molecular complexity index is 1290. The Kier molecular flexibility index (Phi) is 6.49. The standard InChI is InChI=1S/C24H24ClN3O4S/c1-17-5-4-6-19(15-17)33(31,32)26-18-9-10-22(20(16-18)24(29)30)27-11-13-28(14-12-27)23-8-3-2-7-21(23)25/h2-10,15-16,26H,11-14H2,1H3,(H,29,30). The van der Waals surface area contributed by atoms with Gasteiger partial charge in [-0.3, -0.25) is 4.72 Å². The van der Waals surface area contributed by atoms with Crippen molar-refractivity contribution < 1.29 is 18.3 Å². The number of piperazine rings is 1. The number of sulfonamides is 1. The van der Waals surface area contributed by atoms with Gasteiger partial charge in [-0.15, -0.1) is 0 Å². The van der Waals surface area contributed by atoms with Gasteiger partial charge in [-0.1, -0.05) is 35.9 Å². The minimum absolute atomic E-state index is 0.0469. The van der Waals surface area contributed by atoms with E-state index in [9.17, 15) is 18.3 Å². The topological polar surface area (TPSA) is 90.0 Å². The first-order valence-electron chi connectivity index (χ1n) is 10.5. The molecule has 3 aromatic rings. The quantitative estimate of drug-likeness (QED) is 0.535. The Balaban J connectivity index is 1.53. The highest BCUT2D eigenvalue weighted by Gasteiger charge is 2.24. The lowest BCUT2D eigenvalue weighted by molar-refractivity contribution is 0.0697. The van der Waals surface area contributed by atoms with Crippen LogP contribution in [0.4, 0.5) is 17.1 Å². The number of carboxylic acid groups (broad SMARTS) is 1. The van der Waals surface area contributed by atoms with Crippen molar-refractivity contribution in [2.24, 2.45) is 0 Å². The number of rotatable bonds is 6. The molecule has 0 unspecified atom stereocenters. The van der Waals surface area contributed by atoms with E-state index in [-0.39, 0.29) is 16.1 Å². The number of aromatic carboxylic acids is 1. The number of nitrogens with one attached hydrogen (secondary N) is 1. The molecule has 0 amide bonds. The predicted octanol–water partition coefficient (Wildman–Crippen LogP) is 4.47. The van der Waals surface area contributed by atoms with Crippen molar-refractivity contribution in [1.29, 1.82) is 0 Å². The summed E-state index contributed by atoms with van der Waals surface area (Å²) in [7, 11) is -3.83. The minimum atomic E-state index is -3.83. The van der Waals surface area contributed by atoms with Crippen LogP contribution in [0.25, 0.3) is 0 Å². The Morgan fingerprint density at radius 1 is 0.909 bits per heavy atom. The van der Waals surface area contributed by atoms with Gasteiger partial charge in [-0.25, -0.2) is 13.2 Å². The van der Waals surface area contributed by atoms with Crippen molar-refractivity contribution in [2.75, 3.05) is 40.7 Å². The lowest BCUT2D eigenvalue weighted by atomic mass is 10.1. The summed E-state index contributed by atoms with van der Waals surface area (Å²) in [6.07, 6.45) is 0. The number of aryl methyl sites for hydroxylation is 1. The first kappa shape index (κ1) is 22.9. The van der Waals surface area contributed by atoms with Crippen molar-refractivity contribution in [2.45, 2.75) is 11.8 Å². The monoisotopic (exact) mass is 485 g/mol. The maximum atomic E-state index is 12.7. The van der Waals surface area contributed by atoms with E-state index >= 15 is 0 Å². The molecular formula is C24H24ClN3O4S. The number of anilines is 3. The van der Waals surface area contributed by atoms with E-state index in [1.807, 2.05) is 42.2 Å². The number of halogens is 1. The van der Waals surface area contributed by atoms with Gasteiger partial charge in [-0.2, -0.15) is 0 Å². The third-order valence-electron chi connectivity index (χ3n) is 5.59. The molecule has 3 aromatic carbocycles. The van der Waals surface area contributed by atoms with Gasteiger partial charge in [0, 0.05) is 31.9 Å². The van der Waals surface area contributed by atoms with Crippen LogP contribution in [0, 0.1) is 6.92 Å². The van der Waals surface area contributed by atoms with Crippen LogP contribution >= 0.6 is 11.6 Å². The molecule has 7 nitrogen and oxygen atoms in total. The second-order valence-electron chi connectivity index (χ2n) is 7.88. The van der Waals surface area contributed by atoms with Gasteiger partial charge in [0.2, 0.25) is 0 Å². The summed E-state index contributed by atoms with van der Waals surface area (Å²) >= 11 is 6.31. The number of hydrogen-bond acceptors (Lipinski definition) is 5. The van der Waals surface area contributed by atoms with Crippen LogP contribution in [0.15, 0.2) is 71.6 Å². The lowest BCUT2D eigenvalue weighted by Crippen LogP contribution is -2.47. The molecule has 1 aliphatic rings. The molecule has 2 N–H and O–H groups in total. The van der Waals surface area contributed by atoms with Gasteiger partial charge in [0.05, 0.1) is 26.9 Å². The first-order chi connectivity index (χ1) is 15.7. The summed E-state index contributed by atoms with van der Waals surface area (Å²) in [6, 6.07) is 18.8. The van der Waals surface area contributed by atoms with Crippen molar-refractivity contribution >= 4 is 44.7 Å². The van der Waals surface area contributed by atoms with Crippen LogP contribution in [-0.2, 0) is 10.0 Å². The highest BCUT2D eigenvalue weighted by Crippen LogP contribution is 2.30. The molecule has 0 spiro atoms. The molecule has 33 heavy (non-hydrogen) atoms. The predicted molar refractivity (Wildman–Crippen MR) is 131 cm³/mol. The molecule has 0 saturated carbocycles. The molecule has 1 saturated heterocycles. The molecule has 0 aromatic heterocycles. The fourth-order valence-corrected chi connectivity index (χ4v) is 5.35. The second kappa shape index (κ2) is 9.33. The number of carboxylic acids is 1. The van der Waals surface area contributed by atoms with Crippen LogP contribution < -0.4 is 14.5 Å². The first-order valence-corrected chi connectivity index (χ1v) is 12.3. The second-order valence-corrected chi connectivity index (χ2v) is 9.97. The summed E-state index contributed by atoms with van der Waals surface area (Å²) < 4.78 is 28.0. The van der Waals surface area contributed by atoms with Gasteiger partial charge >= 0.3 is 5.97 Å². The van der Waals surface area contributed by atoms with Crippen LogP contribution in [0.5, 0.6) is 0 Å². The molecule has 0 bridgehead atoms. The third-order valence-corrected chi connectivity index (χ3v) is 7.29. The van der Waals surface area contributed by atoms with E-state index in [0.29, 0.717) is 36.9 Å². The Hall–Kier alpha value is -3.23. The Morgan fingerprint density at radius 2 is 1.58 bits per heavy atom. The van der Waals surface area contributed by atoms with Crippen LogP contribution in [0.3, 0.4) is 0 Å². The van der Waals surface area contributed by atoms with Crippen LogP contribution in [-0.4, -0.2) is 45.7 Å². The molecule has 1 aliphatic heterocycles. The van der Waals surface area contributed by atoms with Crippen LogP contribution in [0.1, 0.15) is 15.9 Å². The van der Waals surface area contributed by atoms with Crippen molar-refractivity contribution in [3.8, 4) is 0 Å². The summed E-state index contributed by atoms with van der Waals surface area (Å²) in [5, 5.41) is 10.5. The maximum absolute atomic E-state index is 12.7. The number of benzene rings is 3. The van der Waals surface area contributed by atoms with Crippen molar-refractivity contribution in [1.82, 2.24) is 0 Å². The zero-order chi connectivity index (χ0) is 23.6. The zero-order valence-corrected chi connectivity index (χ0v) is 19.6. The average Bonchev–Trinajstić information content (AvgIpc) is 2.79. The largest absolute Gasteiger partial charge is 0.478 e. The normalized spacial score (nSPS) is 14.2. The van der Waals surface area contributed by atoms with Gasteiger partial charge in [0.1, 0.15) is 0 Å². The number of nitrogens with zero attached hydrogens (tertiary/aromatic N) is 2. The van der Waals surface area contributed by atoms with Crippen molar-refractivity contribution in [3.63, 3.8) is 0 Å². The van der Waals surface area contributed by atoms with E-state index in [1.54, 1.807) is 24.3 Å². The van der Waals surface area contributed by atoms with Crippen molar-refractivity contribution in [3.05, 3.63) is 82.9 Å². The lowest BCUT2D eigenvalue weighted by Gasteiger charge is -2.38. The SMILES string of the molecule is Cc1cccc(S(=O)(=O)Nc2ccc(N3CCN(c4ccccc4Cl)CC3)c(C(=O)O)c2)c1. The summed E-state index contributed by atoms with van der Waals surface area (Å²) in [6.45, 7) is 4.40. The number of carbonyl (C=O) groups is 1. The molecule has 9 heteroatoms. The third kappa shape index (κ3) is 5.07. The average molecular weight is 486 g/mol. The highest BCUT2D eigenvalue weighted by atomic mass is 35.5. The van der Waals surface area contributed by atoms with E-state index in [1.165, 1.54) is 12.1 Å². The van der Waals surface area contributed by atoms with Gasteiger partial charge in [0.25, 0.3) is 10.0 Å². The molecule has 0 radical (unpaired) electrons. The fraction of sp³-hybridized carbons (Fsp3) is 0.208. The smallest absolute Gasteiger partial charge is 0.337 e. The Labute approximate surface area is 198 Å². The Morgan fingerprint density at radius 3 is 2.21 bits per heavy atom. The number of para-hydroxylation sites is 1. The summed E-state index contributed by atoms with van der Waals surface area (Å²) in [4.78, 5) is 16.3. The molecule has 172 valence electrons. The molecule has 1 heterocycles.